The van der Waals surface area contributed by atoms with Crippen molar-refractivity contribution in [2.75, 3.05) is 13.7 Å². The number of hydrogen-bond acceptors (Lipinski definition) is 7. The first-order valence-corrected chi connectivity index (χ1v) is 15.4. The summed E-state index contributed by atoms with van der Waals surface area (Å²) in [5, 5.41) is 1.19. The number of methoxy groups -OCH3 is 1. The number of carbonyl (C=O) groups excluding carboxylic acids is 1. The van der Waals surface area contributed by atoms with Gasteiger partial charge in [-0.2, -0.15) is 0 Å². The molecule has 0 aliphatic carbocycles. The van der Waals surface area contributed by atoms with Crippen LogP contribution in [-0.2, 0) is 16.1 Å². The van der Waals surface area contributed by atoms with Crippen molar-refractivity contribution in [1.29, 1.82) is 0 Å². The molecule has 1 aliphatic heterocycles. The Labute approximate surface area is 267 Å². The third-order valence-corrected chi connectivity index (χ3v) is 8.76. The molecular formula is C32H27Cl3N2O5S. The first-order valence-electron chi connectivity index (χ1n) is 13.5. The highest BCUT2D eigenvalue weighted by Crippen LogP contribution is 2.38. The lowest BCUT2D eigenvalue weighted by molar-refractivity contribution is -0.136. The van der Waals surface area contributed by atoms with Crippen LogP contribution >= 0.6 is 46.1 Å². The van der Waals surface area contributed by atoms with E-state index in [1.54, 1.807) is 34.9 Å². The second-order valence-corrected chi connectivity index (χ2v) is 11.7. The van der Waals surface area contributed by atoms with Crippen molar-refractivity contribution in [3.8, 4) is 11.5 Å². The predicted molar refractivity (Wildman–Crippen MR) is 170 cm³/mol. The Balaban J connectivity index is 1.58. The van der Waals surface area contributed by atoms with E-state index in [1.165, 1.54) is 18.4 Å². The summed E-state index contributed by atoms with van der Waals surface area (Å²) in [7, 11) is 1.33. The van der Waals surface area contributed by atoms with E-state index < -0.39 is 12.0 Å². The van der Waals surface area contributed by atoms with Gasteiger partial charge in [0.05, 0.1) is 50.6 Å². The van der Waals surface area contributed by atoms with E-state index in [9.17, 15) is 9.59 Å². The fourth-order valence-corrected chi connectivity index (χ4v) is 6.44. The number of fused-ring (bicyclic) bond motifs is 1. The number of carbonyl (C=O) groups is 1. The van der Waals surface area contributed by atoms with Gasteiger partial charge in [0.25, 0.3) is 5.56 Å². The number of rotatable bonds is 9. The minimum absolute atomic E-state index is 0.191. The van der Waals surface area contributed by atoms with Crippen molar-refractivity contribution < 1.29 is 19.0 Å². The highest BCUT2D eigenvalue weighted by molar-refractivity contribution is 7.07. The summed E-state index contributed by atoms with van der Waals surface area (Å²) in [5.41, 5.74) is 2.87. The number of allylic oxidation sites excluding steroid dienone is 1. The van der Waals surface area contributed by atoms with E-state index in [2.05, 4.69) is 0 Å². The molecule has 2 heterocycles. The van der Waals surface area contributed by atoms with Crippen LogP contribution in [0.3, 0.4) is 0 Å². The average Bonchev–Trinajstić information content (AvgIpc) is 3.31. The van der Waals surface area contributed by atoms with Crippen LogP contribution in [0, 0.1) is 0 Å². The van der Waals surface area contributed by atoms with Crippen LogP contribution in [0.2, 0.25) is 15.1 Å². The first-order chi connectivity index (χ1) is 20.7. The zero-order valence-corrected chi connectivity index (χ0v) is 26.6. The maximum absolute atomic E-state index is 13.9. The van der Waals surface area contributed by atoms with E-state index in [-0.39, 0.29) is 12.2 Å². The topological polar surface area (TPSA) is 79.1 Å². The van der Waals surface area contributed by atoms with Gasteiger partial charge in [-0.25, -0.2) is 9.79 Å². The molecule has 4 aromatic rings. The monoisotopic (exact) mass is 656 g/mol. The number of aromatic nitrogens is 1. The number of benzene rings is 3. The number of halogens is 3. The first kappa shape index (κ1) is 30.9. The number of hydrogen-bond donors (Lipinski definition) is 0. The molecule has 0 radical (unpaired) electrons. The Hall–Kier alpha value is -3.56. The summed E-state index contributed by atoms with van der Waals surface area (Å²) >= 11 is 20.1. The molecule has 3 aromatic carbocycles. The van der Waals surface area contributed by atoms with Crippen molar-refractivity contribution in [2.24, 2.45) is 4.99 Å². The molecule has 0 fully saturated rings. The maximum atomic E-state index is 13.9. The van der Waals surface area contributed by atoms with Gasteiger partial charge in [-0.05, 0) is 60.4 Å². The Bertz CT molecular complexity index is 1900. The number of esters is 1. The number of thiazole rings is 1. The lowest BCUT2D eigenvalue weighted by Crippen LogP contribution is -2.40. The van der Waals surface area contributed by atoms with Crippen molar-refractivity contribution in [3.05, 3.63) is 123 Å². The van der Waals surface area contributed by atoms with Crippen LogP contribution in [0.4, 0.5) is 0 Å². The number of ether oxygens (including phenoxy) is 3. The van der Waals surface area contributed by atoms with Crippen LogP contribution in [-0.4, -0.2) is 24.3 Å². The van der Waals surface area contributed by atoms with Gasteiger partial charge in [-0.3, -0.25) is 9.36 Å². The average molecular weight is 658 g/mol. The van der Waals surface area contributed by atoms with Crippen LogP contribution in [0.25, 0.3) is 6.08 Å². The molecule has 7 nitrogen and oxygen atoms in total. The molecule has 0 saturated carbocycles. The van der Waals surface area contributed by atoms with Gasteiger partial charge in [0.2, 0.25) is 0 Å². The summed E-state index contributed by atoms with van der Waals surface area (Å²) in [6.45, 7) is 4.34. The predicted octanol–water partition coefficient (Wildman–Crippen LogP) is 6.74. The molecular weight excluding hydrogens is 631 g/mol. The van der Waals surface area contributed by atoms with Crippen molar-refractivity contribution in [3.63, 3.8) is 0 Å². The Morgan fingerprint density at radius 3 is 2.44 bits per heavy atom. The lowest BCUT2D eigenvalue weighted by atomic mass is 9.95. The Morgan fingerprint density at radius 1 is 1.00 bits per heavy atom. The smallest absolute Gasteiger partial charge is 0.338 e. The van der Waals surface area contributed by atoms with Crippen LogP contribution in [0.1, 0.15) is 43.0 Å². The second kappa shape index (κ2) is 13.4. The van der Waals surface area contributed by atoms with Gasteiger partial charge in [-0.15, -0.1) is 0 Å². The van der Waals surface area contributed by atoms with Gasteiger partial charge >= 0.3 is 5.97 Å². The third-order valence-electron chi connectivity index (χ3n) is 6.76. The highest BCUT2D eigenvalue weighted by atomic mass is 35.5. The van der Waals surface area contributed by atoms with Crippen LogP contribution < -0.4 is 24.4 Å². The molecule has 43 heavy (non-hydrogen) atoms. The molecule has 11 heteroatoms. The third kappa shape index (κ3) is 6.38. The molecule has 0 bridgehead atoms. The molecule has 0 amide bonds. The minimum atomic E-state index is -0.679. The maximum Gasteiger partial charge on any atom is 0.338 e. The highest BCUT2D eigenvalue weighted by Gasteiger charge is 2.33. The molecule has 1 atom stereocenters. The minimum Gasteiger partial charge on any atom is -0.490 e. The van der Waals surface area contributed by atoms with Gasteiger partial charge in [-0.1, -0.05) is 89.5 Å². The summed E-state index contributed by atoms with van der Waals surface area (Å²) < 4.78 is 19.0. The van der Waals surface area contributed by atoms with E-state index in [0.29, 0.717) is 65.8 Å². The van der Waals surface area contributed by atoms with E-state index >= 15 is 0 Å². The van der Waals surface area contributed by atoms with Crippen LogP contribution in [0.15, 0.2) is 81.7 Å². The normalized spacial score (nSPS) is 14.7. The van der Waals surface area contributed by atoms with Gasteiger partial charge in [0.1, 0.15) is 6.61 Å². The summed E-state index contributed by atoms with van der Waals surface area (Å²) in [6.07, 6.45) is 2.23. The lowest BCUT2D eigenvalue weighted by Gasteiger charge is -2.25. The number of nitrogens with zero attached hydrogens (tertiary/aromatic N) is 2. The second-order valence-electron chi connectivity index (χ2n) is 9.50. The molecule has 0 unspecified atom stereocenters. The van der Waals surface area contributed by atoms with E-state index in [4.69, 9.17) is 54.0 Å². The molecule has 5 rings (SSSR count). The summed E-state index contributed by atoms with van der Waals surface area (Å²) in [4.78, 5) is 32.1. The molecule has 1 aliphatic rings. The van der Waals surface area contributed by atoms with Crippen LogP contribution in [0.5, 0.6) is 11.5 Å². The fourth-order valence-electron chi connectivity index (χ4n) is 4.83. The Morgan fingerprint density at radius 2 is 1.77 bits per heavy atom. The largest absolute Gasteiger partial charge is 0.490 e. The quantitative estimate of drug-likeness (QED) is 0.187. The van der Waals surface area contributed by atoms with Crippen molar-refractivity contribution in [2.45, 2.75) is 32.9 Å². The van der Waals surface area contributed by atoms with Gasteiger partial charge in [0, 0.05) is 0 Å². The fraction of sp³-hybridized carbons (Fsp3) is 0.219. The van der Waals surface area contributed by atoms with E-state index in [1.807, 2.05) is 50.2 Å². The summed E-state index contributed by atoms with van der Waals surface area (Å²) in [6, 6.07) is 17.4. The molecule has 0 saturated heterocycles. The molecule has 0 N–H and O–H groups in total. The zero-order valence-electron chi connectivity index (χ0n) is 23.5. The summed E-state index contributed by atoms with van der Waals surface area (Å²) in [5.74, 6) is 0.276. The van der Waals surface area contributed by atoms with Gasteiger partial charge < -0.3 is 14.2 Å². The zero-order chi connectivity index (χ0) is 30.7. The standard InChI is InChI=1S/C32H27Cl3N2O5S/c1-4-24-27(31(39)40-3)28(20-9-7-6-8-10-20)37-30(38)26(43-32(37)36-24)16-19-14-23(35)29(25(15-19)41-5-2)42-17-18-11-12-21(33)22(34)13-18/h6-16,28H,4-5,17H2,1-3H3/b26-16-/t28-/m0/s1. The van der Waals surface area contributed by atoms with E-state index in [0.717, 1.165) is 11.1 Å². The van der Waals surface area contributed by atoms with Crippen molar-refractivity contribution in [1.82, 2.24) is 4.57 Å². The molecule has 222 valence electrons. The SMILES string of the molecule is CCOc1cc(/C=c2\sc3n(c2=O)[C@@H](c2ccccc2)C(C(=O)OC)=C(CC)N=3)cc(Cl)c1OCc1ccc(Cl)c(Cl)c1. The van der Waals surface area contributed by atoms with Crippen molar-refractivity contribution >= 4 is 58.2 Å². The Kier molecular flexibility index (Phi) is 9.62. The molecule has 0 spiro atoms. The molecule has 1 aromatic heterocycles. The van der Waals surface area contributed by atoms with Gasteiger partial charge in [0.15, 0.2) is 16.3 Å².